The first kappa shape index (κ1) is 20.2. The molecule has 3 aromatic rings. The van der Waals surface area contributed by atoms with Crippen molar-refractivity contribution in [3.8, 4) is 17.5 Å². The average molecular weight is 418 g/mol. The molecule has 0 radical (unpaired) electrons. The maximum absolute atomic E-state index is 12.7. The van der Waals surface area contributed by atoms with Gasteiger partial charge >= 0.3 is 6.36 Å². The highest BCUT2D eigenvalue weighted by atomic mass is 32.2. The van der Waals surface area contributed by atoms with Gasteiger partial charge in [-0.3, -0.25) is 0 Å². The third kappa shape index (κ3) is 4.67. The molecule has 1 aromatic heterocycles. The lowest BCUT2D eigenvalue weighted by Crippen LogP contribution is -2.17. The fourth-order valence-corrected chi connectivity index (χ4v) is 3.75. The van der Waals surface area contributed by atoms with Crippen LogP contribution in [0.1, 0.15) is 5.69 Å². The second kappa shape index (κ2) is 7.85. The minimum absolute atomic E-state index is 0.0143. The normalized spacial score (nSPS) is 12.4. The van der Waals surface area contributed by atoms with Gasteiger partial charge in [-0.25, -0.2) is 8.42 Å². The molecule has 0 saturated carbocycles. The summed E-state index contributed by atoms with van der Waals surface area (Å²) < 4.78 is 67.6. The summed E-state index contributed by atoms with van der Waals surface area (Å²) in [7, 11) is -4.01. The van der Waals surface area contributed by atoms with E-state index in [4.69, 9.17) is 0 Å². The number of halogens is 3. The molecule has 0 N–H and O–H groups in total. The SMILES string of the molecule is N#CC(=Cc1cccn1-c1ccc(OC(F)(F)F)cc1)S(=O)(=O)c1ccccc1. The van der Waals surface area contributed by atoms with Gasteiger partial charge in [0.25, 0.3) is 0 Å². The highest BCUT2D eigenvalue weighted by Crippen LogP contribution is 2.26. The van der Waals surface area contributed by atoms with Gasteiger partial charge in [-0.05, 0) is 54.6 Å². The number of alkyl halides is 3. The Hall–Kier alpha value is -3.51. The van der Waals surface area contributed by atoms with Crippen LogP contribution in [-0.4, -0.2) is 19.3 Å². The van der Waals surface area contributed by atoms with Crippen LogP contribution in [0.3, 0.4) is 0 Å². The highest BCUT2D eigenvalue weighted by molar-refractivity contribution is 7.95. The predicted octanol–water partition coefficient (Wildman–Crippen LogP) is 4.71. The fraction of sp³-hybridized carbons (Fsp3) is 0.0500. The van der Waals surface area contributed by atoms with E-state index in [1.807, 2.05) is 0 Å². The van der Waals surface area contributed by atoms with Crippen LogP contribution >= 0.6 is 0 Å². The standard InChI is InChI=1S/C20H13F3N2O3S/c21-20(22,23)28-17-10-8-15(9-11-17)25-12-4-5-16(25)13-19(14-24)29(26,27)18-6-2-1-3-7-18/h1-13H. The van der Waals surface area contributed by atoms with Gasteiger partial charge in [-0.1, -0.05) is 18.2 Å². The molecule has 0 aliphatic carbocycles. The molecule has 3 rings (SSSR count). The van der Waals surface area contributed by atoms with Crippen molar-refractivity contribution in [2.75, 3.05) is 0 Å². The third-order valence-corrected chi connectivity index (χ3v) is 5.54. The third-order valence-electron chi connectivity index (χ3n) is 3.86. The molecule has 0 atom stereocenters. The summed E-state index contributed by atoms with van der Waals surface area (Å²) in [6.07, 6.45) is -1.99. The molecule has 0 aliphatic rings. The van der Waals surface area contributed by atoms with E-state index in [1.165, 1.54) is 34.9 Å². The number of nitrogens with zero attached hydrogens (tertiary/aromatic N) is 2. The maximum Gasteiger partial charge on any atom is 0.573 e. The van der Waals surface area contributed by atoms with E-state index in [0.717, 1.165) is 12.1 Å². The minimum Gasteiger partial charge on any atom is -0.406 e. The van der Waals surface area contributed by atoms with Crippen molar-refractivity contribution in [3.05, 3.63) is 83.5 Å². The lowest BCUT2D eigenvalue weighted by atomic mass is 10.3. The Bertz CT molecular complexity index is 1170. The van der Waals surface area contributed by atoms with Gasteiger partial charge in [-0.2, -0.15) is 5.26 Å². The Kier molecular flexibility index (Phi) is 5.48. The number of benzene rings is 2. The van der Waals surface area contributed by atoms with Crippen molar-refractivity contribution in [1.29, 1.82) is 5.26 Å². The summed E-state index contributed by atoms with van der Waals surface area (Å²) in [6, 6.07) is 17.5. The number of ether oxygens (including phenoxy) is 1. The van der Waals surface area contributed by atoms with Crippen LogP contribution in [-0.2, 0) is 9.84 Å². The Morgan fingerprint density at radius 3 is 2.24 bits per heavy atom. The molecule has 0 aliphatic heterocycles. The summed E-state index contributed by atoms with van der Waals surface area (Å²) >= 11 is 0. The van der Waals surface area contributed by atoms with Crippen molar-refractivity contribution >= 4 is 15.9 Å². The van der Waals surface area contributed by atoms with Crippen molar-refractivity contribution in [1.82, 2.24) is 4.57 Å². The number of sulfone groups is 1. The van der Waals surface area contributed by atoms with Gasteiger partial charge in [0, 0.05) is 17.6 Å². The molecule has 0 amide bonds. The van der Waals surface area contributed by atoms with Crippen LogP contribution < -0.4 is 4.74 Å². The van der Waals surface area contributed by atoms with E-state index < -0.39 is 21.1 Å². The Balaban J connectivity index is 1.96. The Morgan fingerprint density at radius 1 is 1.00 bits per heavy atom. The Morgan fingerprint density at radius 2 is 1.66 bits per heavy atom. The average Bonchev–Trinajstić information content (AvgIpc) is 3.14. The smallest absolute Gasteiger partial charge is 0.406 e. The van der Waals surface area contributed by atoms with E-state index in [2.05, 4.69) is 4.74 Å². The van der Waals surface area contributed by atoms with Gasteiger partial charge in [0.15, 0.2) is 4.91 Å². The summed E-state index contributed by atoms with van der Waals surface area (Å²) in [5.74, 6) is -0.380. The van der Waals surface area contributed by atoms with Crippen LogP contribution in [0.2, 0.25) is 0 Å². The number of hydrogen-bond acceptors (Lipinski definition) is 4. The second-order valence-corrected chi connectivity index (χ2v) is 7.70. The van der Waals surface area contributed by atoms with Gasteiger partial charge in [-0.15, -0.1) is 13.2 Å². The first-order valence-corrected chi connectivity index (χ1v) is 9.64. The summed E-state index contributed by atoms with van der Waals surface area (Å²) in [6.45, 7) is 0. The molecule has 1 heterocycles. The maximum atomic E-state index is 12.7. The van der Waals surface area contributed by atoms with Gasteiger partial charge < -0.3 is 9.30 Å². The molecule has 148 valence electrons. The minimum atomic E-state index is -4.80. The van der Waals surface area contributed by atoms with Crippen molar-refractivity contribution in [2.45, 2.75) is 11.3 Å². The topological polar surface area (TPSA) is 72.1 Å². The first-order valence-electron chi connectivity index (χ1n) is 8.16. The number of hydrogen-bond donors (Lipinski definition) is 0. The van der Waals surface area contributed by atoms with E-state index in [1.54, 1.807) is 42.6 Å². The van der Waals surface area contributed by atoms with Crippen molar-refractivity contribution < 1.29 is 26.3 Å². The molecule has 0 spiro atoms. The molecular weight excluding hydrogens is 405 g/mol. The van der Waals surface area contributed by atoms with Gasteiger partial charge in [0.2, 0.25) is 9.84 Å². The van der Waals surface area contributed by atoms with Crippen molar-refractivity contribution in [2.24, 2.45) is 0 Å². The van der Waals surface area contributed by atoms with Crippen LogP contribution in [0, 0.1) is 11.3 Å². The van der Waals surface area contributed by atoms with Crippen LogP contribution in [0.15, 0.2) is 82.7 Å². The zero-order valence-electron chi connectivity index (χ0n) is 14.7. The molecule has 0 fully saturated rings. The molecule has 2 aromatic carbocycles. The molecular formula is C20H13F3N2O3S. The van der Waals surface area contributed by atoms with Gasteiger partial charge in [0.1, 0.15) is 11.8 Å². The number of allylic oxidation sites excluding steroid dienone is 1. The number of rotatable bonds is 5. The van der Waals surface area contributed by atoms with Gasteiger partial charge in [0.05, 0.1) is 4.90 Å². The molecule has 29 heavy (non-hydrogen) atoms. The molecule has 0 saturated heterocycles. The summed E-state index contributed by atoms with van der Waals surface area (Å²) in [4.78, 5) is -0.472. The number of nitriles is 1. The predicted molar refractivity (Wildman–Crippen MR) is 99.7 cm³/mol. The zero-order valence-corrected chi connectivity index (χ0v) is 15.5. The van der Waals surface area contributed by atoms with Crippen LogP contribution in [0.5, 0.6) is 5.75 Å². The van der Waals surface area contributed by atoms with Crippen LogP contribution in [0.25, 0.3) is 11.8 Å². The van der Waals surface area contributed by atoms with E-state index in [0.29, 0.717) is 11.4 Å². The van der Waals surface area contributed by atoms with Crippen molar-refractivity contribution in [3.63, 3.8) is 0 Å². The van der Waals surface area contributed by atoms with E-state index >= 15 is 0 Å². The molecule has 9 heteroatoms. The monoisotopic (exact) mass is 418 g/mol. The fourth-order valence-electron chi connectivity index (χ4n) is 2.59. The Labute approximate surface area is 164 Å². The summed E-state index contributed by atoms with van der Waals surface area (Å²) in [5.41, 5.74) is 0.829. The molecule has 0 unspecified atom stereocenters. The van der Waals surface area contributed by atoms with E-state index in [9.17, 15) is 26.9 Å². The lowest BCUT2D eigenvalue weighted by molar-refractivity contribution is -0.274. The second-order valence-electron chi connectivity index (χ2n) is 5.78. The van der Waals surface area contributed by atoms with E-state index in [-0.39, 0.29) is 10.6 Å². The quantitative estimate of drug-likeness (QED) is 0.563. The molecule has 0 bridgehead atoms. The first-order chi connectivity index (χ1) is 13.7. The highest BCUT2D eigenvalue weighted by Gasteiger charge is 2.31. The molecule has 5 nitrogen and oxygen atoms in total. The lowest BCUT2D eigenvalue weighted by Gasteiger charge is -2.11. The summed E-state index contributed by atoms with van der Waals surface area (Å²) in [5, 5.41) is 9.40. The number of aromatic nitrogens is 1. The largest absolute Gasteiger partial charge is 0.573 e. The zero-order chi connectivity index (χ0) is 21.1. The van der Waals surface area contributed by atoms with Crippen LogP contribution in [0.4, 0.5) is 13.2 Å².